The van der Waals surface area contributed by atoms with Crippen LogP contribution in [0.15, 0.2) is 54.6 Å². The molecule has 0 aromatic heterocycles. The topological polar surface area (TPSA) is 120 Å². The summed E-state index contributed by atoms with van der Waals surface area (Å²) in [7, 11) is 5.60. The van der Waals surface area contributed by atoms with Crippen LogP contribution in [0.1, 0.15) is 38.3 Å². The zero-order chi connectivity index (χ0) is 33.6. The number of nitrogens with one attached hydrogen (secondary N) is 2. The van der Waals surface area contributed by atoms with Gasteiger partial charge >= 0.3 is 11.9 Å². The number of hydrogen-bond donors (Lipinski definition) is 2. The lowest BCUT2D eigenvalue weighted by molar-refractivity contribution is -0.384. The fourth-order valence-corrected chi connectivity index (χ4v) is 5.16. The SMILES string of the molecule is Cc1ccc(NC(=O)c2cc(C(F)(F)F)ccc2N2CCOCC2)cc1NC(=O)c1cccc(N(C)CCCN(C)C)c1[N+](=O)[O-]. The summed E-state index contributed by atoms with van der Waals surface area (Å²) < 4.78 is 46.1. The number of anilines is 4. The van der Waals surface area contributed by atoms with Crippen LogP contribution in [0.3, 0.4) is 0 Å². The highest BCUT2D eigenvalue weighted by molar-refractivity contribution is 6.10. The van der Waals surface area contributed by atoms with Gasteiger partial charge in [-0.1, -0.05) is 12.1 Å². The van der Waals surface area contributed by atoms with Crippen LogP contribution in [0.4, 0.5) is 41.6 Å². The Bertz CT molecular complexity index is 1590. The minimum Gasteiger partial charge on any atom is -0.378 e. The van der Waals surface area contributed by atoms with Crippen LogP contribution in [0.5, 0.6) is 0 Å². The highest BCUT2D eigenvalue weighted by atomic mass is 19.4. The second-order valence-electron chi connectivity index (χ2n) is 11.3. The second-order valence-corrected chi connectivity index (χ2v) is 11.3. The number of nitrogens with zero attached hydrogens (tertiary/aromatic N) is 4. The summed E-state index contributed by atoms with van der Waals surface area (Å²) in [6.45, 7) is 4.58. The maximum atomic E-state index is 13.6. The number of carbonyl (C=O) groups excluding carboxylic acids is 2. The molecular weight excluding hydrogens is 605 g/mol. The number of ether oxygens (including phenoxy) is 1. The molecule has 0 bridgehead atoms. The summed E-state index contributed by atoms with van der Waals surface area (Å²) in [6, 6.07) is 12.2. The molecule has 46 heavy (non-hydrogen) atoms. The van der Waals surface area contributed by atoms with Crippen molar-refractivity contribution in [2.24, 2.45) is 0 Å². The van der Waals surface area contributed by atoms with E-state index in [9.17, 15) is 32.9 Å². The zero-order valence-corrected chi connectivity index (χ0v) is 26.1. The number of rotatable bonds is 11. The predicted octanol–water partition coefficient (Wildman–Crippen LogP) is 5.65. The molecular formula is C32H37F3N6O5. The first kappa shape index (κ1) is 34.2. The van der Waals surface area contributed by atoms with Crippen molar-refractivity contribution >= 4 is 40.3 Å². The first-order chi connectivity index (χ1) is 21.8. The van der Waals surface area contributed by atoms with Gasteiger partial charge < -0.3 is 30.1 Å². The highest BCUT2D eigenvalue weighted by Gasteiger charge is 2.33. The molecule has 2 N–H and O–H groups in total. The van der Waals surface area contributed by atoms with Gasteiger partial charge in [-0.3, -0.25) is 19.7 Å². The number of aryl methyl sites for hydroxylation is 1. The molecule has 0 unspecified atom stereocenters. The first-order valence-corrected chi connectivity index (χ1v) is 14.7. The summed E-state index contributed by atoms with van der Waals surface area (Å²) in [5, 5.41) is 17.5. The molecule has 1 heterocycles. The zero-order valence-electron chi connectivity index (χ0n) is 26.1. The van der Waals surface area contributed by atoms with Crippen molar-refractivity contribution in [2.75, 3.05) is 81.0 Å². The van der Waals surface area contributed by atoms with E-state index >= 15 is 0 Å². The van der Waals surface area contributed by atoms with Crippen molar-refractivity contribution in [2.45, 2.75) is 19.5 Å². The Hall–Kier alpha value is -4.69. The number of para-hydroxylation sites is 1. The van der Waals surface area contributed by atoms with Crippen LogP contribution < -0.4 is 20.4 Å². The van der Waals surface area contributed by atoms with Gasteiger partial charge in [-0.25, -0.2) is 0 Å². The van der Waals surface area contributed by atoms with Gasteiger partial charge in [0, 0.05) is 43.7 Å². The summed E-state index contributed by atoms with van der Waals surface area (Å²) in [4.78, 5) is 44.0. The van der Waals surface area contributed by atoms with Crippen LogP contribution in [0.25, 0.3) is 0 Å². The summed E-state index contributed by atoms with van der Waals surface area (Å²) in [5.41, 5.74) is 0.103. The first-order valence-electron chi connectivity index (χ1n) is 14.7. The Balaban J connectivity index is 1.59. The quantitative estimate of drug-likeness (QED) is 0.203. The Morgan fingerprint density at radius 2 is 1.65 bits per heavy atom. The van der Waals surface area contributed by atoms with E-state index in [0.29, 0.717) is 49.8 Å². The lowest BCUT2D eigenvalue weighted by Gasteiger charge is -2.30. The molecule has 1 aliphatic rings. The van der Waals surface area contributed by atoms with Crippen molar-refractivity contribution in [1.29, 1.82) is 0 Å². The summed E-state index contributed by atoms with van der Waals surface area (Å²) in [6.07, 6.45) is -3.90. The molecule has 1 aliphatic heterocycles. The number of benzene rings is 3. The van der Waals surface area contributed by atoms with Crippen molar-refractivity contribution in [3.05, 3.63) is 87.0 Å². The molecule has 11 nitrogen and oxygen atoms in total. The molecule has 246 valence electrons. The van der Waals surface area contributed by atoms with E-state index in [0.717, 1.165) is 25.1 Å². The normalized spacial score (nSPS) is 13.4. The van der Waals surface area contributed by atoms with E-state index in [2.05, 4.69) is 10.6 Å². The molecule has 0 radical (unpaired) electrons. The van der Waals surface area contributed by atoms with Gasteiger partial charge in [-0.15, -0.1) is 0 Å². The van der Waals surface area contributed by atoms with Crippen LogP contribution in [-0.4, -0.2) is 82.2 Å². The van der Waals surface area contributed by atoms with E-state index in [-0.39, 0.29) is 28.2 Å². The molecule has 0 saturated carbocycles. The Morgan fingerprint density at radius 3 is 2.30 bits per heavy atom. The third-order valence-corrected chi connectivity index (χ3v) is 7.62. The van der Waals surface area contributed by atoms with Crippen molar-refractivity contribution in [1.82, 2.24) is 4.90 Å². The molecule has 1 fully saturated rings. The highest BCUT2D eigenvalue weighted by Crippen LogP contribution is 2.35. The number of halogens is 3. The average Bonchev–Trinajstić information content (AvgIpc) is 3.01. The van der Waals surface area contributed by atoms with E-state index < -0.39 is 28.5 Å². The fraction of sp³-hybridized carbons (Fsp3) is 0.375. The molecule has 0 aliphatic carbocycles. The number of alkyl halides is 3. The third kappa shape index (κ3) is 8.31. The Labute approximate surface area is 265 Å². The van der Waals surface area contributed by atoms with E-state index in [1.54, 1.807) is 48.0 Å². The van der Waals surface area contributed by atoms with E-state index in [1.165, 1.54) is 18.2 Å². The van der Waals surface area contributed by atoms with Gasteiger partial charge in [0.05, 0.1) is 29.3 Å². The van der Waals surface area contributed by atoms with Crippen molar-refractivity contribution in [3.63, 3.8) is 0 Å². The van der Waals surface area contributed by atoms with Gasteiger partial charge in [-0.2, -0.15) is 13.2 Å². The Kier molecular flexibility index (Phi) is 10.9. The molecule has 1 saturated heterocycles. The lowest BCUT2D eigenvalue weighted by atomic mass is 10.1. The summed E-state index contributed by atoms with van der Waals surface area (Å²) >= 11 is 0. The van der Waals surface area contributed by atoms with Crippen LogP contribution in [0.2, 0.25) is 0 Å². The van der Waals surface area contributed by atoms with Gasteiger partial charge in [0.25, 0.3) is 11.8 Å². The summed E-state index contributed by atoms with van der Waals surface area (Å²) in [5.74, 6) is -1.50. The van der Waals surface area contributed by atoms with Crippen molar-refractivity contribution in [3.8, 4) is 0 Å². The van der Waals surface area contributed by atoms with E-state index in [1.807, 2.05) is 19.0 Å². The van der Waals surface area contributed by atoms with Gasteiger partial charge in [0.15, 0.2) is 0 Å². The number of amides is 2. The molecule has 14 heteroatoms. The molecule has 2 amide bonds. The molecule has 3 aromatic carbocycles. The molecule has 4 rings (SSSR count). The number of morpholine rings is 1. The fourth-order valence-electron chi connectivity index (χ4n) is 5.16. The number of hydrogen-bond acceptors (Lipinski definition) is 8. The van der Waals surface area contributed by atoms with Crippen molar-refractivity contribution < 1.29 is 32.4 Å². The molecule has 3 aromatic rings. The smallest absolute Gasteiger partial charge is 0.378 e. The molecule has 0 spiro atoms. The Morgan fingerprint density at radius 1 is 0.957 bits per heavy atom. The largest absolute Gasteiger partial charge is 0.416 e. The maximum absolute atomic E-state index is 13.6. The lowest BCUT2D eigenvalue weighted by Crippen LogP contribution is -2.37. The van der Waals surface area contributed by atoms with Gasteiger partial charge in [0.1, 0.15) is 11.3 Å². The average molecular weight is 643 g/mol. The number of nitro benzene ring substituents is 1. The van der Waals surface area contributed by atoms with Gasteiger partial charge in [-0.05, 0) is 82.0 Å². The predicted molar refractivity (Wildman–Crippen MR) is 171 cm³/mol. The van der Waals surface area contributed by atoms with Crippen LogP contribution in [0, 0.1) is 17.0 Å². The monoisotopic (exact) mass is 642 g/mol. The standard InChI is InChI=1S/C32H37F3N6O5/c1-21-9-11-23(36-31(43)25-19-22(32(33,34)35)10-12-27(25)40-15-17-46-18-16-40)20-26(21)37-30(42)24-7-5-8-28(29(24)41(44)45)39(4)14-6-13-38(2)3/h5,7-12,19-20H,6,13-18H2,1-4H3,(H,36,43)(H,37,42). The second kappa shape index (κ2) is 14.6. The minimum absolute atomic E-state index is 0.144. The maximum Gasteiger partial charge on any atom is 0.416 e. The number of nitro groups is 1. The van der Waals surface area contributed by atoms with Crippen LogP contribution in [-0.2, 0) is 10.9 Å². The van der Waals surface area contributed by atoms with E-state index in [4.69, 9.17) is 4.74 Å². The molecule has 0 atom stereocenters. The number of carbonyl (C=O) groups is 2. The minimum atomic E-state index is -4.65. The van der Waals surface area contributed by atoms with Crippen LogP contribution >= 0.6 is 0 Å². The third-order valence-electron chi connectivity index (χ3n) is 7.62. The van der Waals surface area contributed by atoms with Gasteiger partial charge in [0.2, 0.25) is 0 Å².